The number of fused-ring (bicyclic) bond motifs is 2. The maximum atomic E-state index is 12.6. The van der Waals surface area contributed by atoms with Crippen LogP contribution in [-0.4, -0.2) is 74.9 Å². The average molecular weight is 825 g/mol. The van der Waals surface area contributed by atoms with Gasteiger partial charge in [-0.2, -0.15) is 0 Å². The van der Waals surface area contributed by atoms with Gasteiger partial charge in [-0.1, -0.05) is 73.2 Å². The fourth-order valence-corrected chi connectivity index (χ4v) is 6.75. The summed E-state index contributed by atoms with van der Waals surface area (Å²) >= 11 is 0. The van der Waals surface area contributed by atoms with Gasteiger partial charge in [0.2, 0.25) is 13.6 Å². The topological polar surface area (TPSA) is 187 Å². The Hall–Kier alpha value is -4.69. The Morgan fingerprint density at radius 2 is 1.07 bits per heavy atom. The maximum absolute atomic E-state index is 12.6. The first-order valence-corrected chi connectivity index (χ1v) is 20.4. The smallest absolute Gasteiger partial charge is 0.529 e. The number of para-hydroxylation sites is 2. The summed E-state index contributed by atoms with van der Waals surface area (Å²) in [5, 5.41) is 10.2. The number of Topliss-reactive ketones (excluding diaryl/α,β-unsaturated/α-hetero) is 2. The van der Waals surface area contributed by atoms with Crippen LogP contribution in [0.15, 0.2) is 36.4 Å². The fraction of sp³-hybridized carbons (Fsp3) is 0.581. The average Bonchev–Trinajstić information content (AvgIpc) is 3.21. The SMILES string of the molecule is C.CCC(=O)C[C@H]1Cc2cccc(C(=O)OCOC(=O)C(CC)CC)c2OB1O.CCOB1Oc2c(cccc2C(=O)OCOC(=O)C(CC)CC)C[C@@H]1CC(=O)CC. The quantitative estimate of drug-likeness (QED) is 0.0783. The van der Waals surface area contributed by atoms with Crippen molar-refractivity contribution in [2.75, 3.05) is 20.2 Å². The lowest BCUT2D eigenvalue weighted by Crippen LogP contribution is -2.38. The summed E-state index contributed by atoms with van der Waals surface area (Å²) in [4.78, 5) is 72.4. The van der Waals surface area contributed by atoms with Gasteiger partial charge in [-0.15, -0.1) is 0 Å². The van der Waals surface area contributed by atoms with E-state index in [1.807, 2.05) is 47.6 Å². The molecule has 0 saturated heterocycles. The van der Waals surface area contributed by atoms with Crippen LogP contribution in [0.5, 0.6) is 11.5 Å². The summed E-state index contributed by atoms with van der Waals surface area (Å²) in [7, 11) is -1.79. The monoisotopic (exact) mass is 824 g/mol. The van der Waals surface area contributed by atoms with Crippen molar-refractivity contribution < 1.29 is 66.7 Å². The van der Waals surface area contributed by atoms with E-state index in [4.69, 9.17) is 32.9 Å². The van der Waals surface area contributed by atoms with Crippen molar-refractivity contribution in [3.63, 3.8) is 0 Å². The number of carbonyl (C=O) groups excluding carboxylic acids is 6. The molecule has 0 fully saturated rings. The number of benzene rings is 2. The summed E-state index contributed by atoms with van der Waals surface area (Å²) in [5.41, 5.74) is 1.94. The van der Waals surface area contributed by atoms with Crippen LogP contribution >= 0.6 is 0 Å². The highest BCUT2D eigenvalue weighted by Crippen LogP contribution is 2.39. The van der Waals surface area contributed by atoms with Crippen LogP contribution in [0.4, 0.5) is 0 Å². The number of ketones is 2. The molecule has 0 bridgehead atoms. The van der Waals surface area contributed by atoms with E-state index in [0.717, 1.165) is 11.1 Å². The number of hydrogen-bond donors (Lipinski definition) is 1. The lowest BCUT2D eigenvalue weighted by atomic mass is 9.64. The molecule has 2 aromatic carbocycles. The van der Waals surface area contributed by atoms with E-state index < -0.39 is 45.7 Å². The van der Waals surface area contributed by atoms with Gasteiger partial charge >= 0.3 is 38.1 Å². The van der Waals surface area contributed by atoms with E-state index in [1.165, 1.54) is 6.07 Å². The van der Waals surface area contributed by atoms with Crippen LogP contribution in [0, 0.1) is 11.8 Å². The predicted octanol–water partition coefficient (Wildman–Crippen LogP) is 7.55. The van der Waals surface area contributed by atoms with Crippen molar-refractivity contribution in [2.45, 2.75) is 132 Å². The van der Waals surface area contributed by atoms with Gasteiger partial charge in [0.05, 0.1) is 11.8 Å². The van der Waals surface area contributed by atoms with Gasteiger partial charge in [-0.25, -0.2) is 9.59 Å². The zero-order chi connectivity index (χ0) is 42.8. The van der Waals surface area contributed by atoms with Gasteiger partial charge < -0.3 is 37.9 Å². The van der Waals surface area contributed by atoms with Crippen LogP contribution in [-0.2, 0) is 55.6 Å². The van der Waals surface area contributed by atoms with Crippen molar-refractivity contribution in [2.24, 2.45) is 11.8 Å². The molecule has 4 rings (SSSR count). The summed E-state index contributed by atoms with van der Waals surface area (Å²) < 4.78 is 37.5. The largest absolute Gasteiger partial charge is 0.535 e. The molecule has 0 aromatic heterocycles. The second kappa shape index (κ2) is 25.7. The van der Waals surface area contributed by atoms with E-state index in [9.17, 15) is 33.8 Å². The van der Waals surface area contributed by atoms with Gasteiger partial charge in [0.15, 0.2) is 0 Å². The Bertz CT molecular complexity index is 1710. The first-order chi connectivity index (χ1) is 27.8. The van der Waals surface area contributed by atoms with Crippen LogP contribution in [0.1, 0.15) is 139 Å². The summed E-state index contributed by atoms with van der Waals surface area (Å²) in [6.07, 6.45) is 5.09. The molecule has 324 valence electrons. The van der Waals surface area contributed by atoms with Crippen molar-refractivity contribution >= 4 is 49.7 Å². The number of hydrogen-bond acceptors (Lipinski definition) is 14. The third-order valence-corrected chi connectivity index (χ3v) is 10.4. The minimum Gasteiger partial charge on any atom is -0.535 e. The third kappa shape index (κ3) is 14.5. The molecule has 2 heterocycles. The number of carbonyl (C=O) groups is 6. The zero-order valence-corrected chi connectivity index (χ0v) is 34.9. The van der Waals surface area contributed by atoms with Gasteiger partial charge in [0.1, 0.15) is 34.2 Å². The van der Waals surface area contributed by atoms with Gasteiger partial charge in [-0.05, 0) is 68.7 Å². The molecule has 0 amide bonds. The van der Waals surface area contributed by atoms with E-state index in [-0.39, 0.29) is 71.7 Å². The summed E-state index contributed by atoms with van der Waals surface area (Å²) in [6, 6.07) is 10.2. The molecule has 0 radical (unpaired) electrons. The van der Waals surface area contributed by atoms with Crippen molar-refractivity contribution in [1.82, 2.24) is 0 Å². The lowest BCUT2D eigenvalue weighted by molar-refractivity contribution is -0.158. The Morgan fingerprint density at radius 1 is 0.644 bits per heavy atom. The highest BCUT2D eigenvalue weighted by Gasteiger charge is 2.40. The molecular formula is C43H62B2O14. The molecule has 0 spiro atoms. The molecule has 14 nitrogen and oxygen atoms in total. The van der Waals surface area contributed by atoms with Gasteiger partial charge in [0.25, 0.3) is 0 Å². The molecule has 59 heavy (non-hydrogen) atoms. The number of ether oxygens (including phenoxy) is 4. The van der Waals surface area contributed by atoms with Crippen molar-refractivity contribution in [1.29, 1.82) is 0 Å². The highest BCUT2D eigenvalue weighted by molar-refractivity contribution is 6.48. The van der Waals surface area contributed by atoms with E-state index in [2.05, 4.69) is 0 Å². The highest BCUT2D eigenvalue weighted by atomic mass is 16.7. The van der Waals surface area contributed by atoms with E-state index >= 15 is 0 Å². The van der Waals surface area contributed by atoms with Crippen molar-refractivity contribution in [3.8, 4) is 11.5 Å². The van der Waals surface area contributed by atoms with Crippen LogP contribution in [0.3, 0.4) is 0 Å². The first-order valence-electron chi connectivity index (χ1n) is 20.4. The summed E-state index contributed by atoms with van der Waals surface area (Å²) in [5.74, 6) is -2.18. The minimum absolute atomic E-state index is 0. The first kappa shape index (κ1) is 50.5. The van der Waals surface area contributed by atoms with Gasteiger partial charge in [-0.3, -0.25) is 19.2 Å². The second-order valence-corrected chi connectivity index (χ2v) is 14.2. The molecule has 0 aliphatic carbocycles. The molecule has 2 aliphatic rings. The Kier molecular flexibility index (Phi) is 22.0. The summed E-state index contributed by atoms with van der Waals surface area (Å²) in [6.45, 7) is 12.6. The Morgan fingerprint density at radius 3 is 1.49 bits per heavy atom. The second-order valence-electron chi connectivity index (χ2n) is 14.2. The van der Waals surface area contributed by atoms with Crippen LogP contribution < -0.4 is 9.31 Å². The third-order valence-electron chi connectivity index (χ3n) is 10.4. The van der Waals surface area contributed by atoms with Crippen LogP contribution in [0.2, 0.25) is 11.6 Å². The Balaban J connectivity index is 0.000000401. The molecular weight excluding hydrogens is 762 g/mol. The molecule has 2 aromatic rings. The lowest BCUT2D eigenvalue weighted by Gasteiger charge is -2.30. The number of rotatable bonds is 20. The molecule has 16 heteroatoms. The van der Waals surface area contributed by atoms with Crippen LogP contribution in [0.25, 0.3) is 0 Å². The fourth-order valence-electron chi connectivity index (χ4n) is 6.75. The number of esters is 4. The molecule has 2 atom stereocenters. The Labute approximate surface area is 349 Å². The van der Waals surface area contributed by atoms with E-state index in [0.29, 0.717) is 70.1 Å². The van der Waals surface area contributed by atoms with Crippen molar-refractivity contribution in [3.05, 3.63) is 58.7 Å². The molecule has 0 unspecified atom stereocenters. The zero-order valence-electron chi connectivity index (χ0n) is 34.9. The molecule has 2 aliphatic heterocycles. The standard InChI is InChI=1S/C22H31BO7.C20H27BO7.CH4/c1-5-15(6-2)21(25)27-14-28-22(26)19-11-9-10-16-12-17(13-18(24)7-3)23(29-8-4)30-20(16)19;1-4-13(5-2)19(23)26-12-27-20(24)17-9-7-8-14-10-15(11-16(22)6-3)21(25)28-18(14)17;/h9-11,15,17H,5-8,12-14H2,1-4H3;7-9,13,15,25H,4-6,10-12H2,1-3H3;1H4/t17-;15-;/m11./s1. The molecule has 1 N–H and O–H groups in total. The van der Waals surface area contributed by atoms with Gasteiger partial charge in [0, 0.05) is 43.9 Å². The normalized spacial score (nSPS) is 15.2. The van der Waals surface area contributed by atoms with E-state index in [1.54, 1.807) is 31.2 Å². The maximum Gasteiger partial charge on any atom is 0.529 e. The minimum atomic E-state index is -1.18. The molecule has 0 saturated carbocycles. The predicted molar refractivity (Wildman–Crippen MR) is 222 cm³/mol.